The number of aryl methyl sites for hydroxylation is 1. The predicted octanol–water partition coefficient (Wildman–Crippen LogP) is 4.31. The van der Waals surface area contributed by atoms with Crippen molar-refractivity contribution in [3.8, 4) is 5.75 Å². The van der Waals surface area contributed by atoms with Crippen molar-refractivity contribution in [3.05, 3.63) is 64.1 Å². The largest absolute Gasteiger partial charge is 0.492 e. The highest BCUT2D eigenvalue weighted by molar-refractivity contribution is 9.10. The molecule has 0 saturated heterocycles. The summed E-state index contributed by atoms with van der Waals surface area (Å²) in [6.07, 6.45) is 3.31. The first-order valence-electron chi connectivity index (χ1n) is 6.95. The minimum absolute atomic E-state index is 0.552. The van der Waals surface area contributed by atoms with E-state index in [-0.39, 0.29) is 0 Å². The van der Waals surface area contributed by atoms with Gasteiger partial charge in [-0.15, -0.1) is 0 Å². The van der Waals surface area contributed by atoms with Crippen molar-refractivity contribution in [3.63, 3.8) is 0 Å². The highest BCUT2D eigenvalue weighted by Gasteiger charge is 2.02. The van der Waals surface area contributed by atoms with Crippen molar-refractivity contribution in [2.24, 2.45) is 5.73 Å². The number of rotatable bonds is 7. The number of hydrogen-bond acceptors (Lipinski definition) is 2. The van der Waals surface area contributed by atoms with Crippen molar-refractivity contribution in [2.75, 3.05) is 6.61 Å². The van der Waals surface area contributed by atoms with Gasteiger partial charge in [-0.25, -0.2) is 0 Å². The maximum atomic E-state index is 5.79. The minimum Gasteiger partial charge on any atom is -0.492 e. The molecule has 0 aliphatic carbocycles. The second-order valence-corrected chi connectivity index (χ2v) is 5.61. The van der Waals surface area contributed by atoms with Gasteiger partial charge in [-0.1, -0.05) is 36.4 Å². The van der Waals surface area contributed by atoms with E-state index in [0.717, 1.165) is 41.7 Å². The van der Waals surface area contributed by atoms with Crippen molar-refractivity contribution in [2.45, 2.75) is 25.8 Å². The van der Waals surface area contributed by atoms with Crippen LogP contribution in [0.1, 0.15) is 24.0 Å². The van der Waals surface area contributed by atoms with E-state index < -0.39 is 0 Å². The Morgan fingerprint density at radius 1 is 0.950 bits per heavy atom. The molecule has 0 unspecified atom stereocenters. The third-order valence-corrected chi connectivity index (χ3v) is 3.81. The molecule has 0 aliphatic rings. The van der Waals surface area contributed by atoms with Gasteiger partial charge in [-0.05, 0) is 58.5 Å². The molecule has 106 valence electrons. The van der Waals surface area contributed by atoms with Crippen molar-refractivity contribution in [1.82, 2.24) is 0 Å². The van der Waals surface area contributed by atoms with Crippen LogP contribution in [0.15, 0.2) is 53.0 Å². The first kappa shape index (κ1) is 15.1. The summed E-state index contributed by atoms with van der Waals surface area (Å²) in [6.45, 7) is 1.30. The molecule has 0 amide bonds. The van der Waals surface area contributed by atoms with Gasteiger partial charge < -0.3 is 10.5 Å². The fraction of sp³-hybridized carbons (Fsp3) is 0.294. The van der Waals surface area contributed by atoms with Crippen LogP contribution in [0.25, 0.3) is 0 Å². The number of ether oxygens (including phenoxy) is 1. The van der Waals surface area contributed by atoms with Crippen LogP contribution >= 0.6 is 15.9 Å². The van der Waals surface area contributed by atoms with Crippen LogP contribution in [0.3, 0.4) is 0 Å². The summed E-state index contributed by atoms with van der Waals surface area (Å²) >= 11 is 3.51. The van der Waals surface area contributed by atoms with E-state index in [4.69, 9.17) is 10.5 Å². The molecule has 0 heterocycles. The summed E-state index contributed by atoms with van der Waals surface area (Å²) in [4.78, 5) is 0. The summed E-state index contributed by atoms with van der Waals surface area (Å²) in [7, 11) is 0. The molecular weight excluding hydrogens is 314 g/mol. The average Bonchev–Trinajstić information content (AvgIpc) is 2.49. The van der Waals surface area contributed by atoms with Crippen LogP contribution in [0, 0.1) is 0 Å². The molecule has 0 fully saturated rings. The zero-order valence-electron chi connectivity index (χ0n) is 11.5. The van der Waals surface area contributed by atoms with E-state index in [9.17, 15) is 0 Å². The lowest BCUT2D eigenvalue weighted by atomic mass is 10.1. The summed E-state index contributed by atoms with van der Waals surface area (Å²) in [5.74, 6) is 0.891. The second kappa shape index (κ2) is 8.08. The lowest BCUT2D eigenvalue weighted by Crippen LogP contribution is -2.00. The molecule has 3 heteroatoms. The Balaban J connectivity index is 1.71. The van der Waals surface area contributed by atoms with Crippen LogP contribution < -0.4 is 10.5 Å². The highest BCUT2D eigenvalue weighted by atomic mass is 79.9. The van der Waals surface area contributed by atoms with Gasteiger partial charge in [0.05, 0.1) is 11.1 Å². The maximum Gasteiger partial charge on any atom is 0.133 e. The van der Waals surface area contributed by atoms with Gasteiger partial charge in [0.15, 0.2) is 0 Å². The number of halogens is 1. The molecule has 0 aliphatic heterocycles. The molecule has 0 atom stereocenters. The number of hydrogen-bond donors (Lipinski definition) is 1. The van der Waals surface area contributed by atoms with E-state index in [0.29, 0.717) is 6.54 Å². The lowest BCUT2D eigenvalue weighted by molar-refractivity contribution is 0.305. The quantitative estimate of drug-likeness (QED) is 0.766. The van der Waals surface area contributed by atoms with Crippen LogP contribution in [-0.2, 0) is 13.0 Å². The van der Waals surface area contributed by atoms with Crippen LogP contribution in [0.5, 0.6) is 5.75 Å². The molecule has 0 bridgehead atoms. The van der Waals surface area contributed by atoms with Gasteiger partial charge in [0.1, 0.15) is 5.75 Å². The molecular formula is C17H20BrNO. The first-order valence-corrected chi connectivity index (χ1v) is 7.74. The van der Waals surface area contributed by atoms with Gasteiger partial charge in [-0.3, -0.25) is 0 Å². The van der Waals surface area contributed by atoms with Gasteiger partial charge in [0.2, 0.25) is 0 Å². The van der Waals surface area contributed by atoms with E-state index in [1.165, 1.54) is 5.56 Å². The fourth-order valence-corrected chi connectivity index (χ4v) is 2.59. The summed E-state index contributed by atoms with van der Waals surface area (Å²) in [6, 6.07) is 16.6. The van der Waals surface area contributed by atoms with Crippen LogP contribution in [0.2, 0.25) is 0 Å². The fourth-order valence-electron chi connectivity index (χ4n) is 2.05. The molecule has 2 rings (SSSR count). The normalized spacial score (nSPS) is 10.5. The van der Waals surface area contributed by atoms with Crippen molar-refractivity contribution in [1.29, 1.82) is 0 Å². The molecule has 0 spiro atoms. The minimum atomic E-state index is 0.552. The zero-order valence-corrected chi connectivity index (χ0v) is 13.1. The van der Waals surface area contributed by atoms with Crippen LogP contribution in [-0.4, -0.2) is 6.61 Å². The Morgan fingerprint density at radius 2 is 1.75 bits per heavy atom. The van der Waals surface area contributed by atoms with Gasteiger partial charge in [-0.2, -0.15) is 0 Å². The number of benzene rings is 2. The smallest absolute Gasteiger partial charge is 0.133 e. The van der Waals surface area contributed by atoms with Gasteiger partial charge in [0.25, 0.3) is 0 Å². The molecule has 2 aromatic carbocycles. The number of nitrogens with two attached hydrogens (primary N) is 1. The lowest BCUT2D eigenvalue weighted by Gasteiger charge is -2.09. The third kappa shape index (κ3) is 4.66. The van der Waals surface area contributed by atoms with Crippen molar-refractivity contribution >= 4 is 15.9 Å². The van der Waals surface area contributed by atoms with Crippen LogP contribution in [0.4, 0.5) is 0 Å². The average molecular weight is 334 g/mol. The molecule has 20 heavy (non-hydrogen) atoms. The predicted molar refractivity (Wildman–Crippen MR) is 86.9 cm³/mol. The molecule has 2 nitrogen and oxygen atoms in total. The molecule has 0 aromatic heterocycles. The van der Waals surface area contributed by atoms with E-state index in [1.807, 2.05) is 18.2 Å². The highest BCUT2D eigenvalue weighted by Crippen LogP contribution is 2.26. The Hall–Kier alpha value is -1.32. The van der Waals surface area contributed by atoms with E-state index in [1.54, 1.807) is 0 Å². The number of unbranched alkanes of at least 4 members (excludes halogenated alkanes) is 1. The van der Waals surface area contributed by atoms with E-state index in [2.05, 4.69) is 46.3 Å². The second-order valence-electron chi connectivity index (χ2n) is 4.76. The summed E-state index contributed by atoms with van der Waals surface area (Å²) in [5.41, 5.74) is 8.10. The molecule has 2 aromatic rings. The Labute approximate surface area is 129 Å². The van der Waals surface area contributed by atoms with Gasteiger partial charge in [0, 0.05) is 6.54 Å². The Morgan fingerprint density at radius 3 is 2.45 bits per heavy atom. The van der Waals surface area contributed by atoms with Gasteiger partial charge >= 0.3 is 0 Å². The summed E-state index contributed by atoms with van der Waals surface area (Å²) < 4.78 is 6.76. The molecule has 0 saturated carbocycles. The maximum absolute atomic E-state index is 5.79. The zero-order chi connectivity index (χ0) is 14.2. The topological polar surface area (TPSA) is 35.2 Å². The van der Waals surface area contributed by atoms with E-state index >= 15 is 0 Å². The molecule has 0 radical (unpaired) electrons. The Kier molecular flexibility index (Phi) is 6.09. The monoisotopic (exact) mass is 333 g/mol. The Bertz CT molecular complexity index is 528. The third-order valence-electron chi connectivity index (χ3n) is 3.19. The summed E-state index contributed by atoms with van der Waals surface area (Å²) in [5, 5.41) is 0. The molecule has 2 N–H and O–H groups in total. The van der Waals surface area contributed by atoms with Crippen molar-refractivity contribution < 1.29 is 4.74 Å². The standard InChI is InChI=1S/C17H20BrNO/c18-16-12-15(13-19)9-10-17(16)20-11-5-4-8-14-6-2-1-3-7-14/h1-3,6-7,9-10,12H,4-5,8,11,13,19H2. The SMILES string of the molecule is NCc1ccc(OCCCCc2ccccc2)c(Br)c1. The first-order chi connectivity index (χ1) is 9.79.